The van der Waals surface area contributed by atoms with Gasteiger partial charge in [-0.3, -0.25) is 43.2 Å². The third kappa shape index (κ3) is 31.9. The van der Waals surface area contributed by atoms with Crippen molar-refractivity contribution in [1.29, 1.82) is 0 Å². The van der Waals surface area contributed by atoms with E-state index in [-0.39, 0.29) is 81.0 Å². The summed E-state index contributed by atoms with van der Waals surface area (Å²) in [5, 5.41) is 22.4. The van der Waals surface area contributed by atoms with Crippen molar-refractivity contribution in [2.75, 3.05) is 26.2 Å². The first-order chi connectivity index (χ1) is 36.2. The number of primary amides is 1. The van der Waals surface area contributed by atoms with Crippen LogP contribution >= 0.6 is 0 Å². The van der Waals surface area contributed by atoms with Crippen LogP contribution < -0.4 is 76.9 Å². The van der Waals surface area contributed by atoms with Crippen LogP contribution in [-0.4, -0.2) is 134 Å². The summed E-state index contributed by atoms with van der Waals surface area (Å²) in [5.41, 5.74) is 34.6. The summed E-state index contributed by atoms with van der Waals surface area (Å²) in [6.45, 7) is 20.3. The number of nitrogens with two attached hydrogens (primary N) is 6. The van der Waals surface area contributed by atoms with Crippen LogP contribution in [0.15, 0.2) is 0 Å². The SMILES string of the molecule is CC(C)C[C@H](NC(=O)[C@H](CCCCN)NC(=O)[C@H](CC(C)C)NC(=O)[C@H](CC(C)C)NC(=O)[C@H](CC(C)C)NC(=O)[C@H](CCCCN)NC(=O)[C@H](CC(C)C)NC(=O)[C@@H](N)CCCCN)C(=O)N[C@@H](CCCCN)C(N)=O. The van der Waals surface area contributed by atoms with Crippen molar-refractivity contribution in [3.05, 3.63) is 0 Å². The van der Waals surface area contributed by atoms with Crippen LogP contribution in [-0.2, 0) is 43.2 Å². The Morgan fingerprint density at radius 2 is 0.481 bits per heavy atom. The molecule has 446 valence electrons. The average molecular weight is 1100 g/mol. The van der Waals surface area contributed by atoms with E-state index >= 15 is 0 Å². The minimum absolute atomic E-state index is 0.0131. The lowest BCUT2D eigenvalue weighted by Gasteiger charge is -2.29. The molecule has 9 atom stereocenters. The Morgan fingerprint density at radius 1 is 0.286 bits per heavy atom. The lowest BCUT2D eigenvalue weighted by atomic mass is 9.98. The largest absolute Gasteiger partial charge is 0.368 e. The van der Waals surface area contributed by atoms with Crippen molar-refractivity contribution in [3.8, 4) is 0 Å². The summed E-state index contributed by atoms with van der Waals surface area (Å²) in [4.78, 5) is 124. The van der Waals surface area contributed by atoms with Crippen molar-refractivity contribution >= 4 is 53.2 Å². The van der Waals surface area contributed by atoms with Gasteiger partial charge in [0.2, 0.25) is 53.2 Å². The number of carbonyl (C=O) groups is 9. The predicted molar refractivity (Wildman–Crippen MR) is 302 cm³/mol. The second-order valence-electron chi connectivity index (χ2n) is 22.8. The van der Waals surface area contributed by atoms with Crippen LogP contribution in [0.5, 0.6) is 0 Å². The molecule has 9 amide bonds. The Bertz CT molecular complexity index is 1790. The van der Waals surface area contributed by atoms with Crippen LogP contribution in [0.3, 0.4) is 0 Å². The van der Waals surface area contributed by atoms with E-state index in [1.807, 2.05) is 69.2 Å². The first kappa shape index (κ1) is 72.0. The predicted octanol–water partition coefficient (Wildman–Crippen LogP) is 0.424. The van der Waals surface area contributed by atoms with Crippen molar-refractivity contribution in [2.45, 2.75) is 233 Å². The molecule has 0 heterocycles. The van der Waals surface area contributed by atoms with E-state index < -0.39 is 108 Å². The number of amides is 9. The lowest BCUT2D eigenvalue weighted by Crippen LogP contribution is -2.60. The van der Waals surface area contributed by atoms with E-state index in [9.17, 15) is 43.2 Å². The molecule has 0 unspecified atom stereocenters. The molecular weight excluding hydrogens is 989 g/mol. The fourth-order valence-electron chi connectivity index (χ4n) is 8.64. The van der Waals surface area contributed by atoms with Crippen LogP contribution in [0.2, 0.25) is 0 Å². The Balaban J connectivity index is 6.73. The Morgan fingerprint density at radius 3 is 0.714 bits per heavy atom. The molecule has 0 aromatic carbocycles. The molecule has 0 spiro atoms. The number of hydrogen-bond acceptors (Lipinski definition) is 14. The molecule has 0 aromatic heterocycles. The smallest absolute Gasteiger partial charge is 0.243 e. The van der Waals surface area contributed by atoms with Gasteiger partial charge in [-0.15, -0.1) is 0 Å². The zero-order valence-electron chi connectivity index (χ0n) is 48.6. The summed E-state index contributed by atoms with van der Waals surface area (Å²) in [7, 11) is 0. The normalized spacial score (nSPS) is 15.1. The topological polar surface area (TPSA) is 406 Å². The number of carbonyl (C=O) groups excluding carboxylic acids is 9. The Kier molecular flexibility index (Phi) is 37.7. The molecule has 0 fully saturated rings. The van der Waals surface area contributed by atoms with Gasteiger partial charge in [0, 0.05) is 0 Å². The van der Waals surface area contributed by atoms with Gasteiger partial charge < -0.3 is 76.9 Å². The number of rotatable bonds is 43. The van der Waals surface area contributed by atoms with E-state index in [4.69, 9.17) is 34.4 Å². The second kappa shape index (κ2) is 40.2. The fraction of sp³-hybridized carbons (Fsp3) is 0.833. The lowest BCUT2D eigenvalue weighted by molar-refractivity contribution is -0.136. The second-order valence-corrected chi connectivity index (χ2v) is 22.8. The summed E-state index contributed by atoms with van der Waals surface area (Å²) in [5.74, 6) is -6.13. The Hall–Kier alpha value is -4.97. The molecule has 23 nitrogen and oxygen atoms in total. The van der Waals surface area contributed by atoms with E-state index in [2.05, 4.69) is 42.5 Å². The van der Waals surface area contributed by atoms with Crippen LogP contribution in [0, 0.1) is 29.6 Å². The maximum atomic E-state index is 14.4. The standard InChI is InChI=1S/C54H106N14O9/c1-32(2)27-41(64-47(70)37(59)19-11-15-23-55)51(74)62-39(21-13-17-25-57)49(72)66-44(30-35(7)8)53(76)68-45(31-36(9)10)54(77)67-43(29-34(5)6)52(75)63-40(22-14-18-26-58)48(71)65-42(28-33(3)4)50(73)61-38(46(60)69)20-12-16-24-56/h32-45H,11-31,55-59H2,1-10H3,(H2,60,69)(H,61,73)(H,62,74)(H,63,75)(H,64,70)(H,65,71)(H,66,72)(H,67,77)(H,68,76)/t37-,38-,39-,40-,41-,42-,43-,44-,45-/m0/s1. The summed E-state index contributed by atoms with van der Waals surface area (Å²) in [6, 6.07) is -9.67. The van der Waals surface area contributed by atoms with Crippen molar-refractivity contribution in [2.24, 2.45) is 64.0 Å². The number of unbranched alkanes of at least 4 members (excludes halogenated alkanes) is 4. The molecule has 0 aliphatic rings. The summed E-state index contributed by atoms with van der Waals surface area (Å²) in [6.07, 6.45) is 6.45. The molecule has 0 rings (SSSR count). The molecule has 0 aromatic rings. The third-order valence-electron chi connectivity index (χ3n) is 12.8. The highest BCUT2D eigenvalue weighted by Gasteiger charge is 2.36. The van der Waals surface area contributed by atoms with Crippen molar-refractivity contribution in [3.63, 3.8) is 0 Å². The van der Waals surface area contributed by atoms with Crippen molar-refractivity contribution in [1.82, 2.24) is 42.5 Å². The molecule has 77 heavy (non-hydrogen) atoms. The monoisotopic (exact) mass is 1090 g/mol. The minimum Gasteiger partial charge on any atom is -0.368 e. The van der Waals surface area contributed by atoms with Gasteiger partial charge in [-0.2, -0.15) is 0 Å². The highest BCUT2D eigenvalue weighted by atomic mass is 16.2. The van der Waals surface area contributed by atoms with Gasteiger partial charge in [0.1, 0.15) is 48.3 Å². The van der Waals surface area contributed by atoms with E-state index in [0.717, 1.165) is 0 Å². The zero-order chi connectivity index (χ0) is 58.8. The van der Waals surface area contributed by atoms with Gasteiger partial charge in [0.15, 0.2) is 0 Å². The molecule has 0 radical (unpaired) electrons. The maximum absolute atomic E-state index is 14.4. The highest BCUT2D eigenvalue weighted by Crippen LogP contribution is 2.15. The van der Waals surface area contributed by atoms with Gasteiger partial charge >= 0.3 is 0 Å². The molecule has 0 saturated heterocycles. The number of nitrogens with one attached hydrogen (secondary N) is 8. The molecule has 0 aliphatic carbocycles. The third-order valence-corrected chi connectivity index (χ3v) is 12.8. The fourth-order valence-corrected chi connectivity index (χ4v) is 8.64. The first-order valence-electron chi connectivity index (χ1n) is 28.5. The van der Waals surface area contributed by atoms with Gasteiger partial charge in [0.25, 0.3) is 0 Å². The molecule has 0 saturated carbocycles. The van der Waals surface area contributed by atoms with Gasteiger partial charge in [-0.1, -0.05) is 75.7 Å². The van der Waals surface area contributed by atoms with E-state index in [0.29, 0.717) is 84.0 Å². The highest BCUT2D eigenvalue weighted by molar-refractivity contribution is 5.98. The van der Waals surface area contributed by atoms with Crippen molar-refractivity contribution < 1.29 is 43.2 Å². The molecule has 20 N–H and O–H groups in total. The van der Waals surface area contributed by atoms with E-state index in [1.165, 1.54) is 0 Å². The van der Waals surface area contributed by atoms with Crippen LogP contribution in [0.25, 0.3) is 0 Å². The average Bonchev–Trinajstić information content (AvgIpc) is 3.33. The van der Waals surface area contributed by atoms with Gasteiger partial charge in [0.05, 0.1) is 6.04 Å². The number of hydrogen-bond donors (Lipinski definition) is 14. The van der Waals surface area contributed by atoms with Crippen LogP contribution in [0.4, 0.5) is 0 Å². The molecular formula is C54H106N14O9. The van der Waals surface area contributed by atoms with Gasteiger partial charge in [-0.25, -0.2) is 0 Å². The molecule has 0 bridgehead atoms. The first-order valence-corrected chi connectivity index (χ1v) is 28.5. The quantitative estimate of drug-likeness (QED) is 0.0369. The Labute approximate surface area is 460 Å². The maximum Gasteiger partial charge on any atom is 0.243 e. The summed E-state index contributed by atoms with van der Waals surface area (Å²) < 4.78 is 0. The molecule has 0 aliphatic heterocycles. The zero-order valence-corrected chi connectivity index (χ0v) is 48.6. The molecule has 23 heteroatoms. The van der Waals surface area contributed by atoms with Gasteiger partial charge in [-0.05, 0) is 159 Å². The summed E-state index contributed by atoms with van der Waals surface area (Å²) >= 11 is 0. The van der Waals surface area contributed by atoms with Crippen LogP contribution in [0.1, 0.15) is 178 Å². The minimum atomic E-state index is -1.17. The van der Waals surface area contributed by atoms with E-state index in [1.54, 1.807) is 0 Å².